The zero-order valence-electron chi connectivity index (χ0n) is 14.2. The van der Waals surface area contributed by atoms with Gasteiger partial charge in [0.1, 0.15) is 11.6 Å². The van der Waals surface area contributed by atoms with Gasteiger partial charge in [-0.25, -0.2) is 4.79 Å². The monoisotopic (exact) mass is 328 g/mol. The number of aromatic hydroxyl groups is 2. The molecule has 1 amide bonds. The van der Waals surface area contributed by atoms with Crippen LogP contribution in [0.2, 0.25) is 0 Å². The Morgan fingerprint density at radius 3 is 2.17 bits per heavy atom. The van der Waals surface area contributed by atoms with E-state index in [0.29, 0.717) is 0 Å². The maximum atomic E-state index is 12.7. The molecule has 0 saturated heterocycles. The molecule has 8 nitrogen and oxygen atoms in total. The quantitative estimate of drug-likeness (QED) is 0.612. The lowest BCUT2D eigenvalue weighted by Gasteiger charge is -2.26. The van der Waals surface area contributed by atoms with Gasteiger partial charge in [0.15, 0.2) is 11.7 Å². The zero-order valence-corrected chi connectivity index (χ0v) is 14.2. The molecule has 8 heteroatoms. The third-order valence-corrected chi connectivity index (χ3v) is 3.25. The summed E-state index contributed by atoms with van der Waals surface area (Å²) in [6.45, 7) is 8.16. The van der Waals surface area contributed by atoms with Crippen LogP contribution < -0.4 is 5.32 Å². The number of Topliss-reactive ketones (excluding diaryl/α,β-unsaturated/α-hetero) is 1. The van der Waals surface area contributed by atoms with Crippen molar-refractivity contribution in [3.8, 4) is 11.8 Å². The van der Waals surface area contributed by atoms with Crippen LogP contribution in [0, 0.1) is 6.92 Å². The SMILES string of the molecule is COC(C)C(NC(=O)OC(C)(C)C)C(=O)c1c(O)[nH]c(O)c1C. The second kappa shape index (κ2) is 6.91. The Balaban J connectivity index is 3.07. The average molecular weight is 328 g/mol. The Morgan fingerprint density at radius 1 is 1.22 bits per heavy atom. The molecule has 130 valence electrons. The van der Waals surface area contributed by atoms with Gasteiger partial charge in [-0.05, 0) is 34.6 Å². The number of ketones is 1. The number of carbonyl (C=O) groups excluding carboxylic acids is 2. The number of hydrogen-bond donors (Lipinski definition) is 4. The van der Waals surface area contributed by atoms with E-state index in [1.165, 1.54) is 14.0 Å². The highest BCUT2D eigenvalue weighted by atomic mass is 16.6. The Kier molecular flexibility index (Phi) is 5.65. The van der Waals surface area contributed by atoms with Crippen molar-refractivity contribution in [3.05, 3.63) is 11.1 Å². The highest BCUT2D eigenvalue weighted by Gasteiger charge is 2.33. The standard InChI is InChI=1S/C15H24N2O6/c1-7-9(13(20)17-12(7)19)11(18)10(8(2)22-6)16-14(21)23-15(3,4)5/h8,10,17,19-20H,1-6H3,(H,16,21). The van der Waals surface area contributed by atoms with Crippen LogP contribution in [0.1, 0.15) is 43.6 Å². The van der Waals surface area contributed by atoms with Crippen LogP contribution in [0.25, 0.3) is 0 Å². The van der Waals surface area contributed by atoms with Crippen LogP contribution in [0.15, 0.2) is 0 Å². The normalized spacial score (nSPS) is 14.2. The number of amides is 1. The van der Waals surface area contributed by atoms with Crippen molar-refractivity contribution in [2.24, 2.45) is 0 Å². The first kappa shape index (κ1) is 18.8. The largest absolute Gasteiger partial charge is 0.494 e. The molecular formula is C15H24N2O6. The van der Waals surface area contributed by atoms with Crippen molar-refractivity contribution in [1.82, 2.24) is 10.3 Å². The minimum Gasteiger partial charge on any atom is -0.494 e. The lowest BCUT2D eigenvalue weighted by Crippen LogP contribution is -2.49. The van der Waals surface area contributed by atoms with Crippen LogP contribution in [0.4, 0.5) is 4.79 Å². The Bertz CT molecular complexity index is 588. The summed E-state index contributed by atoms with van der Waals surface area (Å²) >= 11 is 0. The summed E-state index contributed by atoms with van der Waals surface area (Å²) < 4.78 is 10.3. The summed E-state index contributed by atoms with van der Waals surface area (Å²) in [5, 5.41) is 21.8. The molecule has 2 unspecified atom stereocenters. The van der Waals surface area contributed by atoms with Gasteiger partial charge < -0.3 is 25.0 Å². The molecule has 0 aliphatic heterocycles. The maximum Gasteiger partial charge on any atom is 0.408 e. The maximum absolute atomic E-state index is 12.7. The second-order valence-corrected chi connectivity index (χ2v) is 6.25. The number of hydrogen-bond acceptors (Lipinski definition) is 6. The Hall–Kier alpha value is -2.22. The van der Waals surface area contributed by atoms with E-state index in [-0.39, 0.29) is 17.0 Å². The molecule has 4 N–H and O–H groups in total. The van der Waals surface area contributed by atoms with Crippen LogP contribution in [0.5, 0.6) is 11.8 Å². The van der Waals surface area contributed by atoms with Crippen molar-refractivity contribution in [2.45, 2.75) is 52.4 Å². The number of nitrogens with one attached hydrogen (secondary N) is 2. The lowest BCUT2D eigenvalue weighted by molar-refractivity contribution is 0.0353. The Morgan fingerprint density at radius 2 is 1.78 bits per heavy atom. The summed E-state index contributed by atoms with van der Waals surface area (Å²) in [5.41, 5.74) is -0.641. The first-order valence-electron chi connectivity index (χ1n) is 7.15. The van der Waals surface area contributed by atoms with Gasteiger partial charge >= 0.3 is 6.09 Å². The third kappa shape index (κ3) is 4.62. The number of ether oxygens (including phenoxy) is 2. The predicted octanol–water partition coefficient (Wildman–Crippen LogP) is 1.85. The lowest BCUT2D eigenvalue weighted by atomic mass is 9.99. The summed E-state index contributed by atoms with van der Waals surface area (Å²) in [7, 11) is 1.39. The van der Waals surface area contributed by atoms with Gasteiger partial charge in [0.05, 0.1) is 11.7 Å². The van der Waals surface area contributed by atoms with E-state index in [9.17, 15) is 19.8 Å². The van der Waals surface area contributed by atoms with Crippen molar-refractivity contribution in [2.75, 3.05) is 7.11 Å². The van der Waals surface area contributed by atoms with E-state index in [0.717, 1.165) is 0 Å². The molecule has 0 aliphatic rings. The van der Waals surface area contributed by atoms with E-state index in [2.05, 4.69) is 10.3 Å². The molecule has 23 heavy (non-hydrogen) atoms. The smallest absolute Gasteiger partial charge is 0.408 e. The van der Waals surface area contributed by atoms with Crippen molar-refractivity contribution in [3.63, 3.8) is 0 Å². The van der Waals surface area contributed by atoms with Crippen molar-refractivity contribution >= 4 is 11.9 Å². The van der Waals surface area contributed by atoms with E-state index >= 15 is 0 Å². The van der Waals surface area contributed by atoms with Crippen LogP contribution in [-0.2, 0) is 9.47 Å². The fourth-order valence-electron chi connectivity index (χ4n) is 1.99. The van der Waals surface area contributed by atoms with Crippen molar-refractivity contribution < 1.29 is 29.3 Å². The molecule has 0 spiro atoms. The molecular weight excluding hydrogens is 304 g/mol. The summed E-state index contributed by atoms with van der Waals surface area (Å²) in [6, 6.07) is -1.09. The van der Waals surface area contributed by atoms with E-state index in [1.54, 1.807) is 27.7 Å². The number of aromatic nitrogens is 1. The average Bonchev–Trinajstić information content (AvgIpc) is 2.66. The number of rotatable bonds is 5. The minimum absolute atomic E-state index is 0.104. The number of alkyl carbamates (subject to hydrolysis) is 1. The van der Waals surface area contributed by atoms with E-state index in [1.807, 2.05) is 0 Å². The molecule has 0 bridgehead atoms. The first-order valence-corrected chi connectivity index (χ1v) is 7.15. The highest BCUT2D eigenvalue weighted by Crippen LogP contribution is 2.29. The molecule has 1 aromatic rings. The number of H-pyrrole nitrogens is 1. The van der Waals surface area contributed by atoms with Gasteiger partial charge in [-0.15, -0.1) is 0 Å². The zero-order chi connectivity index (χ0) is 17.9. The van der Waals surface area contributed by atoms with Gasteiger partial charge in [0.2, 0.25) is 5.88 Å². The molecule has 1 heterocycles. The van der Waals surface area contributed by atoms with Crippen LogP contribution in [0.3, 0.4) is 0 Å². The number of carbonyl (C=O) groups is 2. The van der Waals surface area contributed by atoms with Gasteiger partial charge in [-0.3, -0.25) is 9.78 Å². The fourth-order valence-corrected chi connectivity index (χ4v) is 1.99. The molecule has 1 aromatic heterocycles. The molecule has 0 saturated carbocycles. The summed E-state index contributed by atoms with van der Waals surface area (Å²) in [6.07, 6.45) is -1.46. The third-order valence-electron chi connectivity index (χ3n) is 3.25. The van der Waals surface area contributed by atoms with E-state index in [4.69, 9.17) is 9.47 Å². The first-order chi connectivity index (χ1) is 10.5. The molecule has 0 radical (unpaired) electrons. The minimum atomic E-state index is -1.09. The van der Waals surface area contributed by atoms with E-state index < -0.39 is 35.5 Å². The molecule has 0 fully saturated rings. The predicted molar refractivity (Wildman–Crippen MR) is 82.8 cm³/mol. The molecule has 0 aliphatic carbocycles. The van der Waals surface area contributed by atoms with Crippen LogP contribution >= 0.6 is 0 Å². The van der Waals surface area contributed by atoms with Crippen LogP contribution in [-0.4, -0.2) is 51.9 Å². The fraction of sp³-hybridized carbons (Fsp3) is 0.600. The molecule has 2 atom stereocenters. The number of methoxy groups -OCH3 is 1. The second-order valence-electron chi connectivity index (χ2n) is 6.25. The highest BCUT2D eigenvalue weighted by molar-refractivity contribution is 6.05. The molecule has 1 rings (SSSR count). The van der Waals surface area contributed by atoms with Gasteiger partial charge in [-0.1, -0.05) is 0 Å². The summed E-state index contributed by atoms with van der Waals surface area (Å²) in [5.74, 6) is -1.38. The topological polar surface area (TPSA) is 121 Å². The molecule has 0 aromatic carbocycles. The summed E-state index contributed by atoms with van der Waals surface area (Å²) in [4.78, 5) is 26.9. The van der Waals surface area contributed by atoms with Gasteiger partial charge in [0.25, 0.3) is 0 Å². The Labute approximate surface area is 134 Å². The van der Waals surface area contributed by atoms with Gasteiger partial charge in [-0.2, -0.15) is 0 Å². The van der Waals surface area contributed by atoms with Gasteiger partial charge in [0, 0.05) is 12.7 Å². The number of aromatic amines is 1. The van der Waals surface area contributed by atoms with Crippen molar-refractivity contribution in [1.29, 1.82) is 0 Å².